The number of benzene rings is 1. The molecule has 4 nitrogen and oxygen atoms in total. The monoisotopic (exact) mass is 341 g/mol. The zero-order valence-corrected chi connectivity index (χ0v) is 13.5. The Morgan fingerprint density at radius 2 is 2.20 bits per heavy atom. The molecule has 1 aliphatic rings. The standard InChI is InChI=1S/C15H20BrNO3/c1-15(2,3)20-14(19)17-13-10(8-18)6-9-7-11(16)4-5-12(9)13/h4-5,7,10,13,18H,6,8H2,1-3H3,(H,17,19)/t10-,13+/m0/s1. The van der Waals surface area contributed by atoms with E-state index in [1.807, 2.05) is 39.0 Å². The quantitative estimate of drug-likeness (QED) is 0.868. The first kappa shape index (κ1) is 15.3. The van der Waals surface area contributed by atoms with Crippen LogP contribution in [0.1, 0.15) is 37.9 Å². The van der Waals surface area contributed by atoms with Gasteiger partial charge < -0.3 is 15.2 Å². The number of alkyl carbamates (subject to hydrolysis) is 1. The number of nitrogens with one attached hydrogen (secondary N) is 1. The molecule has 1 aromatic carbocycles. The zero-order valence-electron chi connectivity index (χ0n) is 11.9. The van der Waals surface area contributed by atoms with Crippen molar-refractivity contribution in [2.75, 3.05) is 6.61 Å². The van der Waals surface area contributed by atoms with Crippen LogP contribution in [0, 0.1) is 5.92 Å². The highest BCUT2D eigenvalue weighted by atomic mass is 79.9. The van der Waals surface area contributed by atoms with Crippen LogP contribution < -0.4 is 5.32 Å². The highest BCUT2D eigenvalue weighted by Gasteiger charge is 2.34. The lowest BCUT2D eigenvalue weighted by molar-refractivity contribution is 0.0477. The Kier molecular flexibility index (Phi) is 4.39. The molecule has 0 heterocycles. The second-order valence-corrected chi connectivity index (χ2v) is 7.03. The van der Waals surface area contributed by atoms with E-state index in [0.29, 0.717) is 0 Å². The maximum Gasteiger partial charge on any atom is 0.408 e. The summed E-state index contributed by atoms with van der Waals surface area (Å²) in [6, 6.07) is 5.77. The Morgan fingerprint density at radius 3 is 2.80 bits per heavy atom. The van der Waals surface area contributed by atoms with E-state index in [2.05, 4.69) is 21.2 Å². The van der Waals surface area contributed by atoms with E-state index >= 15 is 0 Å². The number of carbonyl (C=O) groups excluding carboxylic acids is 1. The number of hydrogen-bond donors (Lipinski definition) is 2. The molecule has 1 aliphatic carbocycles. The molecule has 0 spiro atoms. The molecule has 1 aromatic rings. The molecule has 2 rings (SSSR count). The number of hydrogen-bond acceptors (Lipinski definition) is 3. The average molecular weight is 342 g/mol. The molecule has 1 amide bonds. The minimum Gasteiger partial charge on any atom is -0.444 e. The third-order valence-corrected chi connectivity index (χ3v) is 3.79. The Labute approximate surface area is 127 Å². The van der Waals surface area contributed by atoms with Crippen LogP contribution in [0.2, 0.25) is 0 Å². The van der Waals surface area contributed by atoms with Crippen molar-refractivity contribution in [3.63, 3.8) is 0 Å². The van der Waals surface area contributed by atoms with Crippen molar-refractivity contribution in [3.05, 3.63) is 33.8 Å². The molecule has 0 aromatic heterocycles. The van der Waals surface area contributed by atoms with Gasteiger partial charge in [-0.3, -0.25) is 0 Å². The summed E-state index contributed by atoms with van der Waals surface area (Å²) in [4.78, 5) is 11.9. The summed E-state index contributed by atoms with van der Waals surface area (Å²) in [5.74, 6) is -0.00758. The van der Waals surface area contributed by atoms with Crippen molar-refractivity contribution >= 4 is 22.0 Å². The van der Waals surface area contributed by atoms with E-state index < -0.39 is 11.7 Å². The van der Waals surface area contributed by atoms with E-state index in [1.54, 1.807) is 0 Å². The fourth-order valence-corrected chi connectivity index (χ4v) is 2.92. The van der Waals surface area contributed by atoms with E-state index in [-0.39, 0.29) is 18.6 Å². The lowest BCUT2D eigenvalue weighted by atomic mass is 10.0. The van der Waals surface area contributed by atoms with Gasteiger partial charge in [0.15, 0.2) is 0 Å². The molecule has 0 unspecified atom stereocenters. The summed E-state index contributed by atoms with van der Waals surface area (Å²) in [6.07, 6.45) is 0.308. The molecule has 0 fully saturated rings. The van der Waals surface area contributed by atoms with Gasteiger partial charge in [-0.05, 0) is 50.5 Å². The summed E-state index contributed by atoms with van der Waals surface area (Å²) in [5.41, 5.74) is 1.68. The van der Waals surface area contributed by atoms with E-state index in [9.17, 15) is 9.90 Å². The molecule has 2 N–H and O–H groups in total. The molecule has 0 aliphatic heterocycles. The second-order valence-electron chi connectivity index (χ2n) is 6.11. The van der Waals surface area contributed by atoms with Crippen molar-refractivity contribution in [3.8, 4) is 0 Å². The van der Waals surface area contributed by atoms with Crippen molar-refractivity contribution in [1.29, 1.82) is 0 Å². The Hall–Kier alpha value is -1.07. The van der Waals surface area contributed by atoms with Gasteiger partial charge in [-0.15, -0.1) is 0 Å². The van der Waals surface area contributed by atoms with Crippen LogP contribution in [0.3, 0.4) is 0 Å². The normalized spacial score (nSPS) is 21.4. The highest BCUT2D eigenvalue weighted by Crippen LogP contribution is 2.37. The van der Waals surface area contributed by atoms with Crippen LogP contribution in [0.25, 0.3) is 0 Å². The largest absolute Gasteiger partial charge is 0.444 e. The van der Waals surface area contributed by atoms with Gasteiger partial charge in [-0.2, -0.15) is 0 Å². The number of rotatable bonds is 2. The maximum absolute atomic E-state index is 11.9. The van der Waals surface area contributed by atoms with Gasteiger partial charge in [0, 0.05) is 17.0 Å². The topological polar surface area (TPSA) is 58.6 Å². The molecular weight excluding hydrogens is 322 g/mol. The van der Waals surface area contributed by atoms with Crippen molar-refractivity contribution in [2.24, 2.45) is 5.92 Å². The van der Waals surface area contributed by atoms with Gasteiger partial charge in [-0.25, -0.2) is 4.79 Å². The Balaban J connectivity index is 2.16. The molecule has 110 valence electrons. The van der Waals surface area contributed by atoms with E-state index in [1.165, 1.54) is 0 Å². The van der Waals surface area contributed by atoms with Gasteiger partial charge in [0.2, 0.25) is 0 Å². The predicted octanol–water partition coefficient (Wildman–Crippen LogP) is 3.18. The molecule has 20 heavy (non-hydrogen) atoms. The van der Waals surface area contributed by atoms with Crippen LogP contribution in [-0.2, 0) is 11.2 Å². The fraction of sp³-hybridized carbons (Fsp3) is 0.533. The van der Waals surface area contributed by atoms with Crippen LogP contribution in [-0.4, -0.2) is 23.4 Å². The van der Waals surface area contributed by atoms with Gasteiger partial charge in [0.25, 0.3) is 0 Å². The first-order chi connectivity index (χ1) is 9.30. The molecular formula is C15H20BrNO3. The second kappa shape index (κ2) is 5.74. The minimum atomic E-state index is -0.528. The van der Waals surface area contributed by atoms with Crippen molar-refractivity contribution in [2.45, 2.75) is 38.8 Å². The number of amides is 1. The van der Waals surface area contributed by atoms with Crippen LogP contribution >= 0.6 is 15.9 Å². The smallest absolute Gasteiger partial charge is 0.408 e. The number of fused-ring (bicyclic) bond motifs is 1. The summed E-state index contributed by atoms with van der Waals surface area (Å²) >= 11 is 3.44. The number of halogens is 1. The number of ether oxygens (including phenoxy) is 1. The third kappa shape index (κ3) is 3.52. The van der Waals surface area contributed by atoms with E-state index in [0.717, 1.165) is 22.0 Å². The predicted molar refractivity (Wildman–Crippen MR) is 80.5 cm³/mol. The van der Waals surface area contributed by atoms with Gasteiger partial charge >= 0.3 is 6.09 Å². The average Bonchev–Trinajstić information content (AvgIpc) is 2.64. The number of aliphatic hydroxyl groups excluding tert-OH is 1. The van der Waals surface area contributed by atoms with Crippen LogP contribution in [0.15, 0.2) is 22.7 Å². The molecule has 0 radical (unpaired) electrons. The molecule has 5 heteroatoms. The minimum absolute atomic E-state index is 0.00758. The lowest BCUT2D eigenvalue weighted by Gasteiger charge is -2.24. The molecule has 0 saturated carbocycles. The van der Waals surface area contributed by atoms with Gasteiger partial charge in [0.1, 0.15) is 5.60 Å². The fourth-order valence-electron chi connectivity index (χ4n) is 2.51. The number of carbonyl (C=O) groups is 1. The summed E-state index contributed by atoms with van der Waals surface area (Å²) < 4.78 is 6.30. The van der Waals surface area contributed by atoms with Crippen LogP contribution in [0.4, 0.5) is 4.79 Å². The van der Waals surface area contributed by atoms with E-state index in [4.69, 9.17) is 4.74 Å². The molecule has 0 bridgehead atoms. The first-order valence-corrected chi connectivity index (χ1v) is 7.48. The first-order valence-electron chi connectivity index (χ1n) is 6.69. The SMILES string of the molecule is CC(C)(C)OC(=O)N[C@H]1c2ccc(Br)cc2C[C@H]1CO. The van der Waals surface area contributed by atoms with Gasteiger partial charge in [0.05, 0.1) is 6.04 Å². The van der Waals surface area contributed by atoms with Gasteiger partial charge in [-0.1, -0.05) is 22.0 Å². The lowest BCUT2D eigenvalue weighted by Crippen LogP contribution is -2.37. The Bertz CT molecular complexity index is 510. The van der Waals surface area contributed by atoms with Crippen LogP contribution in [0.5, 0.6) is 0 Å². The van der Waals surface area contributed by atoms with Crippen molar-refractivity contribution in [1.82, 2.24) is 5.32 Å². The maximum atomic E-state index is 11.9. The molecule has 2 atom stereocenters. The van der Waals surface area contributed by atoms with Crippen molar-refractivity contribution < 1.29 is 14.6 Å². The number of aliphatic hydroxyl groups is 1. The third-order valence-electron chi connectivity index (χ3n) is 3.30. The summed E-state index contributed by atoms with van der Waals surface area (Å²) in [7, 11) is 0. The summed E-state index contributed by atoms with van der Waals surface area (Å²) in [5, 5.41) is 12.4. The zero-order chi connectivity index (χ0) is 14.9. The highest BCUT2D eigenvalue weighted by molar-refractivity contribution is 9.10. The molecule has 0 saturated heterocycles. The summed E-state index contributed by atoms with van der Waals surface area (Å²) in [6.45, 7) is 5.52. The Morgan fingerprint density at radius 1 is 1.50 bits per heavy atom.